The lowest BCUT2D eigenvalue weighted by Crippen LogP contribution is -2.40. The Hall–Kier alpha value is -3.52. The summed E-state index contributed by atoms with van der Waals surface area (Å²) in [5.41, 5.74) is 2.53. The van der Waals surface area contributed by atoms with E-state index < -0.39 is 0 Å². The van der Waals surface area contributed by atoms with E-state index in [1.807, 2.05) is 18.2 Å². The van der Waals surface area contributed by atoms with E-state index in [0.717, 1.165) is 5.52 Å². The lowest BCUT2D eigenvalue weighted by Gasteiger charge is -2.26. The van der Waals surface area contributed by atoms with Crippen LogP contribution in [0.3, 0.4) is 0 Å². The minimum atomic E-state index is -0.284. The van der Waals surface area contributed by atoms with Crippen LogP contribution in [0.25, 0.3) is 11.0 Å². The average molecular weight is 406 g/mol. The van der Waals surface area contributed by atoms with Crippen LogP contribution in [0, 0.1) is 0 Å². The van der Waals surface area contributed by atoms with Crippen LogP contribution in [-0.4, -0.2) is 58.4 Å². The molecule has 1 saturated heterocycles. The fraction of sp³-hybridized carbons (Fsp3) is 0.273. The van der Waals surface area contributed by atoms with Crippen LogP contribution >= 0.6 is 0 Å². The summed E-state index contributed by atoms with van der Waals surface area (Å²) in [6.07, 6.45) is 0. The van der Waals surface area contributed by atoms with Crippen molar-refractivity contribution in [3.63, 3.8) is 0 Å². The highest BCUT2D eigenvalue weighted by molar-refractivity contribution is 5.98. The Labute approximate surface area is 173 Å². The van der Waals surface area contributed by atoms with Gasteiger partial charge in [-0.05, 0) is 36.4 Å². The molecule has 2 heterocycles. The molecule has 1 aromatic heterocycles. The molecule has 1 N–H and O–H groups in total. The zero-order valence-corrected chi connectivity index (χ0v) is 16.6. The van der Waals surface area contributed by atoms with E-state index in [4.69, 9.17) is 4.74 Å². The molecular formula is C22H22N4O4. The van der Waals surface area contributed by atoms with Gasteiger partial charge in [0.1, 0.15) is 6.54 Å². The third-order valence-corrected chi connectivity index (χ3v) is 4.99. The molecule has 0 bridgehead atoms. The van der Waals surface area contributed by atoms with Crippen molar-refractivity contribution in [2.24, 2.45) is 0 Å². The molecule has 8 nitrogen and oxygen atoms in total. The average Bonchev–Trinajstić information content (AvgIpc) is 3.13. The summed E-state index contributed by atoms with van der Waals surface area (Å²) in [5.74, 6) is -0.289. The number of fused-ring (bicyclic) bond motifs is 1. The summed E-state index contributed by atoms with van der Waals surface area (Å²) in [6.45, 7) is 3.64. The van der Waals surface area contributed by atoms with Gasteiger partial charge < -0.3 is 19.5 Å². The van der Waals surface area contributed by atoms with Gasteiger partial charge in [0.2, 0.25) is 5.91 Å². The molecule has 0 spiro atoms. The van der Waals surface area contributed by atoms with Crippen LogP contribution in [0.2, 0.25) is 0 Å². The number of morpholine rings is 1. The Morgan fingerprint density at radius 3 is 2.43 bits per heavy atom. The molecule has 1 fully saturated rings. The van der Waals surface area contributed by atoms with Gasteiger partial charge in [-0.15, -0.1) is 0 Å². The second kappa shape index (κ2) is 8.46. The monoisotopic (exact) mass is 406 g/mol. The summed E-state index contributed by atoms with van der Waals surface area (Å²) >= 11 is 0. The molecule has 0 atom stereocenters. The van der Waals surface area contributed by atoms with E-state index in [0.29, 0.717) is 43.1 Å². The maximum absolute atomic E-state index is 12.6. The van der Waals surface area contributed by atoms with E-state index in [9.17, 15) is 14.4 Å². The molecule has 154 valence electrons. The van der Waals surface area contributed by atoms with Gasteiger partial charge in [-0.3, -0.25) is 14.4 Å². The molecule has 1 aliphatic heterocycles. The maximum atomic E-state index is 12.6. The largest absolute Gasteiger partial charge is 0.378 e. The molecule has 2 amide bonds. The van der Waals surface area contributed by atoms with Gasteiger partial charge >= 0.3 is 0 Å². The van der Waals surface area contributed by atoms with Gasteiger partial charge in [0.15, 0.2) is 11.6 Å². The first-order valence-electron chi connectivity index (χ1n) is 9.76. The number of aromatic nitrogens is 2. The number of nitrogens with zero attached hydrogens (tertiary/aromatic N) is 3. The van der Waals surface area contributed by atoms with Gasteiger partial charge in [0.25, 0.3) is 5.91 Å². The fourth-order valence-corrected chi connectivity index (χ4v) is 3.49. The molecule has 30 heavy (non-hydrogen) atoms. The van der Waals surface area contributed by atoms with Crippen molar-refractivity contribution in [2.75, 3.05) is 31.6 Å². The van der Waals surface area contributed by atoms with Gasteiger partial charge in [-0.2, -0.15) is 0 Å². The van der Waals surface area contributed by atoms with Crippen LogP contribution < -0.4 is 5.32 Å². The van der Waals surface area contributed by atoms with E-state index in [1.165, 1.54) is 6.92 Å². The molecule has 0 saturated carbocycles. The van der Waals surface area contributed by atoms with Gasteiger partial charge in [-0.1, -0.05) is 12.1 Å². The number of nitrogens with one attached hydrogen (secondary N) is 1. The summed E-state index contributed by atoms with van der Waals surface area (Å²) in [7, 11) is 0. The van der Waals surface area contributed by atoms with Crippen LogP contribution in [-0.2, 0) is 16.1 Å². The molecule has 8 heteroatoms. The SMILES string of the molecule is CC(=O)c1nc2ccccc2n1CC(=O)Nc1ccc(C(=O)N2CCOCC2)cc1. The Kier molecular flexibility index (Phi) is 5.58. The van der Waals surface area contributed by atoms with Crippen molar-refractivity contribution >= 4 is 34.3 Å². The minimum Gasteiger partial charge on any atom is -0.378 e. The number of rotatable bonds is 5. The van der Waals surface area contributed by atoms with Crippen LogP contribution in [0.15, 0.2) is 48.5 Å². The summed E-state index contributed by atoms with van der Waals surface area (Å²) in [5, 5.41) is 2.81. The normalized spacial score (nSPS) is 14.0. The highest BCUT2D eigenvalue weighted by Gasteiger charge is 2.19. The second-order valence-corrected chi connectivity index (χ2v) is 7.10. The molecule has 2 aromatic carbocycles. The Morgan fingerprint density at radius 2 is 1.73 bits per heavy atom. The first-order valence-corrected chi connectivity index (χ1v) is 9.76. The zero-order chi connectivity index (χ0) is 21.1. The predicted molar refractivity (Wildman–Crippen MR) is 112 cm³/mol. The third kappa shape index (κ3) is 4.08. The predicted octanol–water partition coefficient (Wildman–Crippen LogP) is 2.35. The lowest BCUT2D eigenvalue weighted by atomic mass is 10.1. The first kappa shape index (κ1) is 19.8. The smallest absolute Gasteiger partial charge is 0.254 e. The molecule has 4 rings (SSSR count). The van der Waals surface area contributed by atoms with Crippen molar-refractivity contribution in [3.8, 4) is 0 Å². The molecule has 1 aliphatic rings. The summed E-state index contributed by atoms with van der Waals surface area (Å²) in [4.78, 5) is 43.1. The molecule has 0 radical (unpaired) electrons. The topological polar surface area (TPSA) is 93.5 Å². The van der Waals surface area contributed by atoms with Crippen molar-refractivity contribution in [2.45, 2.75) is 13.5 Å². The number of hydrogen-bond acceptors (Lipinski definition) is 5. The van der Waals surface area contributed by atoms with Gasteiger partial charge in [0, 0.05) is 31.3 Å². The molecular weight excluding hydrogens is 384 g/mol. The molecule has 0 aliphatic carbocycles. The van der Waals surface area contributed by atoms with Crippen molar-refractivity contribution in [1.29, 1.82) is 0 Å². The number of benzene rings is 2. The van der Waals surface area contributed by atoms with Crippen molar-refractivity contribution in [1.82, 2.24) is 14.5 Å². The minimum absolute atomic E-state index is 0.0378. The Bertz CT molecular complexity index is 1100. The number of Topliss-reactive ketones (excluding diaryl/α,β-unsaturated/α-hetero) is 1. The van der Waals surface area contributed by atoms with E-state index >= 15 is 0 Å². The summed E-state index contributed by atoms with van der Waals surface area (Å²) < 4.78 is 6.89. The van der Waals surface area contributed by atoms with E-state index in [-0.39, 0.29) is 30.0 Å². The van der Waals surface area contributed by atoms with Crippen LogP contribution in [0.5, 0.6) is 0 Å². The Morgan fingerprint density at radius 1 is 1.03 bits per heavy atom. The highest BCUT2D eigenvalue weighted by Crippen LogP contribution is 2.17. The number of ketones is 1. The highest BCUT2D eigenvalue weighted by atomic mass is 16.5. The van der Waals surface area contributed by atoms with Gasteiger partial charge in [-0.25, -0.2) is 4.98 Å². The zero-order valence-electron chi connectivity index (χ0n) is 16.6. The second-order valence-electron chi connectivity index (χ2n) is 7.10. The summed E-state index contributed by atoms with van der Waals surface area (Å²) in [6, 6.07) is 14.1. The number of hydrogen-bond donors (Lipinski definition) is 1. The van der Waals surface area contributed by atoms with E-state index in [1.54, 1.807) is 39.8 Å². The number of para-hydroxylation sites is 2. The number of ether oxygens (including phenoxy) is 1. The quantitative estimate of drug-likeness (QED) is 0.657. The van der Waals surface area contributed by atoms with E-state index in [2.05, 4.69) is 10.3 Å². The number of anilines is 1. The first-order chi connectivity index (χ1) is 14.5. The number of amides is 2. The number of carbonyl (C=O) groups excluding carboxylic acids is 3. The molecule has 0 unspecified atom stereocenters. The van der Waals surface area contributed by atoms with Crippen LogP contribution in [0.4, 0.5) is 5.69 Å². The lowest BCUT2D eigenvalue weighted by molar-refractivity contribution is -0.116. The Balaban J connectivity index is 1.46. The number of carbonyl (C=O) groups is 3. The third-order valence-electron chi connectivity index (χ3n) is 4.99. The van der Waals surface area contributed by atoms with Gasteiger partial charge in [0.05, 0.1) is 24.2 Å². The van der Waals surface area contributed by atoms with Crippen LogP contribution in [0.1, 0.15) is 27.9 Å². The molecule has 3 aromatic rings. The standard InChI is InChI=1S/C22H22N4O4/c1-15(27)21-24-18-4-2-3-5-19(18)26(21)14-20(28)23-17-8-6-16(7-9-17)22(29)25-10-12-30-13-11-25/h2-9H,10-14H2,1H3,(H,23,28). The number of imidazole rings is 1. The van der Waals surface area contributed by atoms with Crippen molar-refractivity contribution in [3.05, 3.63) is 59.9 Å². The fourth-order valence-electron chi connectivity index (χ4n) is 3.49. The van der Waals surface area contributed by atoms with Crippen molar-refractivity contribution < 1.29 is 19.1 Å². The maximum Gasteiger partial charge on any atom is 0.254 e.